The molecule has 142 valence electrons. The summed E-state index contributed by atoms with van der Waals surface area (Å²) < 4.78 is 38.3. The number of ether oxygens (including phenoxy) is 2. The Morgan fingerprint density at radius 1 is 1.30 bits per heavy atom. The quantitative estimate of drug-likeness (QED) is 0.504. The zero-order chi connectivity index (χ0) is 19.7. The Bertz CT molecular complexity index is 1010. The fraction of sp³-hybridized carbons (Fsp3) is 0.222. The number of anilines is 1. The fourth-order valence-electron chi connectivity index (χ4n) is 2.73. The molecule has 0 unspecified atom stereocenters. The minimum atomic E-state index is -2.84. The van der Waals surface area contributed by atoms with E-state index in [0.717, 1.165) is 4.57 Å². The zero-order valence-corrected chi connectivity index (χ0v) is 15.2. The maximum atomic E-state index is 13.6. The van der Waals surface area contributed by atoms with Gasteiger partial charge in [-0.15, -0.1) is 0 Å². The molecular weight excluding hydrogens is 380 g/mol. The number of aromatic nitrogens is 2. The minimum Gasteiger partial charge on any atom is -0.496 e. The smallest absolute Gasteiger partial charge is 0.342 e. The van der Waals surface area contributed by atoms with Crippen molar-refractivity contribution in [2.24, 2.45) is 0 Å². The molecule has 0 bridgehead atoms. The molecule has 3 rings (SSSR count). The lowest BCUT2D eigenvalue weighted by atomic mass is 10.2. The zero-order valence-electron chi connectivity index (χ0n) is 14.4. The van der Waals surface area contributed by atoms with Crippen LogP contribution in [0, 0.1) is 0 Å². The molecule has 0 aliphatic carbocycles. The SMILES string of the molecule is COc1cc(N)c(Cl)cc1C(=O)O[C@H](C)c1nc2ccccc2n1C(F)F. The number of halogens is 3. The van der Waals surface area contributed by atoms with Crippen LogP contribution in [0.1, 0.15) is 35.8 Å². The van der Waals surface area contributed by atoms with Gasteiger partial charge in [0.15, 0.2) is 11.9 Å². The van der Waals surface area contributed by atoms with E-state index in [2.05, 4.69) is 4.98 Å². The van der Waals surface area contributed by atoms with Crippen molar-refractivity contribution in [3.05, 3.63) is 52.8 Å². The molecule has 0 fully saturated rings. The van der Waals surface area contributed by atoms with Gasteiger partial charge in [-0.3, -0.25) is 4.57 Å². The van der Waals surface area contributed by atoms with E-state index in [0.29, 0.717) is 5.52 Å². The van der Waals surface area contributed by atoms with Crippen molar-refractivity contribution >= 4 is 34.3 Å². The van der Waals surface area contributed by atoms with Crippen LogP contribution in [0.15, 0.2) is 36.4 Å². The predicted octanol–water partition coefficient (Wildman–Crippen LogP) is 4.59. The van der Waals surface area contributed by atoms with Gasteiger partial charge >= 0.3 is 12.5 Å². The van der Waals surface area contributed by atoms with Crippen LogP contribution in [0.4, 0.5) is 14.5 Å². The molecule has 9 heteroatoms. The molecule has 0 spiro atoms. The van der Waals surface area contributed by atoms with Crippen molar-refractivity contribution in [2.45, 2.75) is 19.6 Å². The summed E-state index contributed by atoms with van der Waals surface area (Å²) >= 11 is 5.96. The summed E-state index contributed by atoms with van der Waals surface area (Å²) in [6.45, 7) is -1.38. The number of hydrogen-bond donors (Lipinski definition) is 1. The number of methoxy groups -OCH3 is 1. The lowest BCUT2D eigenvalue weighted by Gasteiger charge is -2.16. The first-order chi connectivity index (χ1) is 12.8. The average molecular weight is 396 g/mol. The van der Waals surface area contributed by atoms with Crippen molar-refractivity contribution in [1.82, 2.24) is 9.55 Å². The van der Waals surface area contributed by atoms with Crippen LogP contribution in [0.5, 0.6) is 5.75 Å². The third-order valence-electron chi connectivity index (χ3n) is 4.00. The monoisotopic (exact) mass is 395 g/mol. The summed E-state index contributed by atoms with van der Waals surface area (Å²) in [7, 11) is 1.36. The summed E-state index contributed by atoms with van der Waals surface area (Å²) in [4.78, 5) is 16.7. The number of nitrogens with zero attached hydrogens (tertiary/aromatic N) is 2. The number of hydrogen-bond acceptors (Lipinski definition) is 5. The molecular formula is C18H16ClF2N3O3. The van der Waals surface area contributed by atoms with E-state index in [9.17, 15) is 13.6 Å². The van der Waals surface area contributed by atoms with Crippen molar-refractivity contribution in [3.8, 4) is 5.75 Å². The first-order valence-corrected chi connectivity index (χ1v) is 8.30. The highest BCUT2D eigenvalue weighted by atomic mass is 35.5. The third-order valence-corrected chi connectivity index (χ3v) is 4.33. The highest BCUT2D eigenvalue weighted by molar-refractivity contribution is 6.33. The van der Waals surface area contributed by atoms with Crippen molar-refractivity contribution < 1.29 is 23.0 Å². The maximum absolute atomic E-state index is 13.6. The number of para-hydroxylation sites is 2. The number of imidazole rings is 1. The second kappa shape index (κ2) is 7.40. The van der Waals surface area contributed by atoms with E-state index in [-0.39, 0.29) is 33.4 Å². The van der Waals surface area contributed by atoms with Gasteiger partial charge in [0.25, 0.3) is 0 Å². The molecule has 3 aromatic rings. The second-order valence-electron chi connectivity index (χ2n) is 5.73. The number of carbonyl (C=O) groups is 1. The average Bonchev–Trinajstić information content (AvgIpc) is 3.03. The van der Waals surface area contributed by atoms with Crippen molar-refractivity contribution in [2.75, 3.05) is 12.8 Å². The van der Waals surface area contributed by atoms with Gasteiger partial charge in [-0.05, 0) is 25.1 Å². The van der Waals surface area contributed by atoms with Gasteiger partial charge in [-0.25, -0.2) is 9.78 Å². The van der Waals surface area contributed by atoms with Crippen LogP contribution in [0.3, 0.4) is 0 Å². The number of alkyl halides is 2. The van der Waals surface area contributed by atoms with E-state index in [1.54, 1.807) is 18.2 Å². The van der Waals surface area contributed by atoms with Gasteiger partial charge in [-0.2, -0.15) is 8.78 Å². The standard InChI is InChI=1S/C18H16ClF2N3O3/c1-9(16-23-13-5-3-4-6-14(13)24(16)18(20)21)27-17(25)10-7-11(19)12(22)8-15(10)26-2/h3-9,18H,22H2,1-2H3/t9-/m1/s1. The normalized spacial score (nSPS) is 12.4. The lowest BCUT2D eigenvalue weighted by molar-refractivity contribution is 0.0230. The minimum absolute atomic E-state index is 0.0308. The summed E-state index contributed by atoms with van der Waals surface area (Å²) in [6.07, 6.45) is -1.04. The highest BCUT2D eigenvalue weighted by Gasteiger charge is 2.26. The molecule has 0 saturated heterocycles. The van der Waals surface area contributed by atoms with Crippen LogP contribution >= 0.6 is 11.6 Å². The van der Waals surface area contributed by atoms with E-state index < -0.39 is 18.6 Å². The number of nitrogens with two attached hydrogens (primary N) is 1. The van der Waals surface area contributed by atoms with E-state index in [1.165, 1.54) is 32.2 Å². The molecule has 0 aliphatic heterocycles. The number of fused-ring (bicyclic) bond motifs is 1. The number of benzene rings is 2. The van der Waals surface area contributed by atoms with E-state index in [4.69, 9.17) is 26.8 Å². The first-order valence-electron chi connectivity index (χ1n) is 7.92. The Balaban J connectivity index is 1.95. The van der Waals surface area contributed by atoms with Gasteiger partial charge in [-0.1, -0.05) is 23.7 Å². The first kappa shape index (κ1) is 18.9. The molecule has 0 radical (unpaired) electrons. The molecule has 2 N–H and O–H groups in total. The van der Waals surface area contributed by atoms with Gasteiger partial charge < -0.3 is 15.2 Å². The van der Waals surface area contributed by atoms with Crippen molar-refractivity contribution in [3.63, 3.8) is 0 Å². The molecule has 0 saturated carbocycles. The topological polar surface area (TPSA) is 79.4 Å². The van der Waals surface area contributed by atoms with E-state index >= 15 is 0 Å². The molecule has 1 aromatic heterocycles. The van der Waals surface area contributed by atoms with Gasteiger partial charge in [0.1, 0.15) is 11.3 Å². The largest absolute Gasteiger partial charge is 0.496 e. The highest BCUT2D eigenvalue weighted by Crippen LogP contribution is 2.32. The number of rotatable bonds is 5. The second-order valence-corrected chi connectivity index (χ2v) is 6.14. The Labute approximate surface area is 158 Å². The Morgan fingerprint density at radius 3 is 2.67 bits per heavy atom. The van der Waals surface area contributed by atoms with Gasteiger partial charge in [0, 0.05) is 6.07 Å². The number of esters is 1. The summed E-state index contributed by atoms with van der Waals surface area (Å²) in [5.41, 5.74) is 6.58. The van der Waals surface area contributed by atoms with Crippen LogP contribution in [0.25, 0.3) is 11.0 Å². The Kier molecular flexibility index (Phi) is 5.18. The molecule has 1 heterocycles. The molecule has 1 atom stereocenters. The molecule has 2 aromatic carbocycles. The van der Waals surface area contributed by atoms with Crippen LogP contribution in [0.2, 0.25) is 5.02 Å². The summed E-state index contributed by atoms with van der Waals surface area (Å²) in [5.74, 6) is -0.703. The lowest BCUT2D eigenvalue weighted by Crippen LogP contribution is -2.15. The maximum Gasteiger partial charge on any atom is 0.342 e. The molecule has 27 heavy (non-hydrogen) atoms. The van der Waals surface area contributed by atoms with Crippen LogP contribution in [-0.4, -0.2) is 22.6 Å². The fourth-order valence-corrected chi connectivity index (χ4v) is 2.89. The van der Waals surface area contributed by atoms with Crippen molar-refractivity contribution in [1.29, 1.82) is 0 Å². The van der Waals surface area contributed by atoms with Gasteiger partial charge in [0.2, 0.25) is 0 Å². The van der Waals surface area contributed by atoms with E-state index in [1.807, 2.05) is 0 Å². The molecule has 0 aliphatic rings. The Hall–Kier alpha value is -2.87. The summed E-state index contributed by atoms with van der Waals surface area (Å²) in [6, 6.07) is 9.14. The number of nitrogen functional groups attached to an aromatic ring is 1. The van der Waals surface area contributed by atoms with Crippen LogP contribution in [-0.2, 0) is 4.74 Å². The molecule has 0 amide bonds. The summed E-state index contributed by atoms with van der Waals surface area (Å²) in [5, 5.41) is 0.148. The molecule has 6 nitrogen and oxygen atoms in total. The predicted molar refractivity (Wildman–Crippen MR) is 97.2 cm³/mol. The number of carbonyl (C=O) groups excluding carboxylic acids is 1. The third kappa shape index (κ3) is 3.52. The Morgan fingerprint density at radius 2 is 2.00 bits per heavy atom. The van der Waals surface area contributed by atoms with Crippen LogP contribution < -0.4 is 10.5 Å². The van der Waals surface area contributed by atoms with Gasteiger partial charge in [0.05, 0.1) is 28.9 Å².